The average Bonchev–Trinajstić information content (AvgIpc) is 2.05. The van der Waals surface area contributed by atoms with Crippen molar-refractivity contribution >= 4 is 24.6 Å². The second kappa shape index (κ2) is 3.32. The molecule has 0 saturated carbocycles. The van der Waals surface area contributed by atoms with Crippen molar-refractivity contribution in [3.63, 3.8) is 0 Å². The van der Waals surface area contributed by atoms with E-state index in [0.717, 1.165) is 11.3 Å². The molecule has 0 heterocycles. The van der Waals surface area contributed by atoms with Crippen LogP contribution in [0.3, 0.4) is 0 Å². The molecule has 1 rings (SSSR count). The number of thiol groups is 1. The predicted octanol–water partition coefficient (Wildman–Crippen LogP) is 2.59. The van der Waals surface area contributed by atoms with Gasteiger partial charge in [0.1, 0.15) is 0 Å². The van der Waals surface area contributed by atoms with Crippen LogP contribution in [0.2, 0.25) is 0 Å². The molecule has 0 unspecified atom stereocenters. The van der Waals surface area contributed by atoms with Crippen molar-refractivity contribution in [1.82, 2.24) is 0 Å². The largest absolute Gasteiger partial charge is 0.332 e. The van der Waals surface area contributed by atoms with Crippen molar-refractivity contribution < 1.29 is 0 Å². The molecule has 1 aromatic carbocycles. The summed E-state index contributed by atoms with van der Waals surface area (Å²) in [5, 5.41) is 0. The molecule has 0 bridgehead atoms. The van der Waals surface area contributed by atoms with E-state index in [9.17, 15) is 0 Å². The van der Waals surface area contributed by atoms with Gasteiger partial charge in [0.2, 0.25) is 0 Å². The minimum atomic E-state index is 0.994. The van der Waals surface area contributed by atoms with Crippen LogP contribution in [0, 0.1) is 0 Å². The van der Waals surface area contributed by atoms with E-state index in [4.69, 9.17) is 0 Å². The van der Waals surface area contributed by atoms with Gasteiger partial charge in [-0.25, -0.2) is 0 Å². The lowest BCUT2D eigenvalue weighted by molar-refractivity contribution is 1.65. The van der Waals surface area contributed by atoms with Gasteiger partial charge in [-0.2, -0.15) is 0 Å². The van der Waals surface area contributed by atoms with Gasteiger partial charge in [-0.15, -0.1) is 0 Å². The van der Waals surface area contributed by atoms with E-state index < -0.39 is 0 Å². The molecule has 1 N–H and O–H groups in total. The summed E-state index contributed by atoms with van der Waals surface area (Å²) in [6.45, 7) is 3.65. The molecular formula is C8H9NS. The van der Waals surface area contributed by atoms with Gasteiger partial charge in [0.25, 0.3) is 0 Å². The third-order valence-electron chi connectivity index (χ3n) is 1.28. The Balaban J connectivity index is 2.90. The van der Waals surface area contributed by atoms with Gasteiger partial charge in [0.15, 0.2) is 0 Å². The normalized spacial score (nSPS) is 8.90. The smallest absolute Gasteiger partial charge is 0.0438 e. The number of nitrogens with one attached hydrogen (secondary N) is 1. The van der Waals surface area contributed by atoms with E-state index in [1.165, 1.54) is 0 Å². The van der Waals surface area contributed by atoms with E-state index in [1.54, 1.807) is 0 Å². The summed E-state index contributed by atoms with van der Waals surface area (Å²) >= 11 is 3.90. The molecular weight excluding hydrogens is 142 g/mol. The highest BCUT2D eigenvalue weighted by molar-refractivity contribution is 7.81. The van der Waals surface area contributed by atoms with E-state index in [2.05, 4.69) is 24.1 Å². The van der Waals surface area contributed by atoms with Gasteiger partial charge < -0.3 is 4.72 Å². The first-order valence-corrected chi connectivity index (χ1v) is 3.44. The molecule has 0 aliphatic heterocycles. The zero-order valence-electron chi connectivity index (χ0n) is 5.54. The van der Waals surface area contributed by atoms with Crippen LogP contribution in [0.15, 0.2) is 30.8 Å². The molecule has 10 heavy (non-hydrogen) atoms. The number of anilines is 1. The number of hydrogen-bond donors (Lipinski definition) is 2. The van der Waals surface area contributed by atoms with Crippen molar-refractivity contribution in [2.24, 2.45) is 0 Å². The lowest BCUT2D eigenvalue weighted by Crippen LogP contribution is -1.78. The Bertz CT molecular complexity index is 215. The highest BCUT2D eigenvalue weighted by Crippen LogP contribution is 2.10. The highest BCUT2D eigenvalue weighted by atomic mass is 32.1. The Hall–Kier alpha value is -0.890. The van der Waals surface area contributed by atoms with Crippen molar-refractivity contribution in [1.29, 1.82) is 0 Å². The minimum Gasteiger partial charge on any atom is -0.332 e. The summed E-state index contributed by atoms with van der Waals surface area (Å²) in [5.41, 5.74) is 2.11. The Labute approximate surface area is 66.3 Å². The Kier molecular flexibility index (Phi) is 2.40. The van der Waals surface area contributed by atoms with Gasteiger partial charge in [-0.05, 0) is 17.7 Å². The fourth-order valence-electron chi connectivity index (χ4n) is 0.694. The summed E-state index contributed by atoms with van der Waals surface area (Å²) in [5.74, 6) is 0. The topological polar surface area (TPSA) is 12.0 Å². The van der Waals surface area contributed by atoms with Crippen LogP contribution in [-0.4, -0.2) is 0 Å². The monoisotopic (exact) mass is 151 g/mol. The summed E-state index contributed by atoms with van der Waals surface area (Å²) < 4.78 is 2.74. The molecule has 1 aromatic rings. The van der Waals surface area contributed by atoms with E-state index in [-0.39, 0.29) is 0 Å². The second-order valence-corrected chi connectivity index (χ2v) is 2.16. The zero-order valence-corrected chi connectivity index (χ0v) is 6.44. The summed E-state index contributed by atoms with van der Waals surface area (Å²) in [4.78, 5) is 0. The van der Waals surface area contributed by atoms with Gasteiger partial charge in [0.05, 0.1) is 0 Å². The van der Waals surface area contributed by atoms with Crippen LogP contribution in [0.5, 0.6) is 0 Å². The number of rotatable bonds is 2. The van der Waals surface area contributed by atoms with Crippen molar-refractivity contribution in [2.75, 3.05) is 4.72 Å². The first-order chi connectivity index (χ1) is 4.86. The van der Waals surface area contributed by atoms with Gasteiger partial charge in [0, 0.05) is 5.69 Å². The molecule has 0 amide bonds. The van der Waals surface area contributed by atoms with Crippen molar-refractivity contribution in [3.8, 4) is 0 Å². The molecule has 0 atom stereocenters. The summed E-state index contributed by atoms with van der Waals surface area (Å²) in [6, 6.07) is 7.85. The van der Waals surface area contributed by atoms with Gasteiger partial charge in [-0.1, -0.05) is 37.6 Å². The van der Waals surface area contributed by atoms with Crippen LogP contribution in [-0.2, 0) is 0 Å². The number of benzene rings is 1. The fraction of sp³-hybridized carbons (Fsp3) is 0. The van der Waals surface area contributed by atoms with Crippen LogP contribution in [0.25, 0.3) is 6.08 Å². The van der Waals surface area contributed by atoms with Gasteiger partial charge >= 0.3 is 0 Å². The van der Waals surface area contributed by atoms with Crippen molar-refractivity contribution in [2.45, 2.75) is 0 Å². The molecule has 0 radical (unpaired) electrons. The van der Waals surface area contributed by atoms with Crippen LogP contribution >= 0.6 is 12.8 Å². The fourth-order valence-corrected chi connectivity index (χ4v) is 0.843. The third kappa shape index (κ3) is 1.54. The molecule has 0 aromatic heterocycles. The first-order valence-electron chi connectivity index (χ1n) is 2.99. The highest BCUT2D eigenvalue weighted by Gasteiger charge is 1.86. The van der Waals surface area contributed by atoms with E-state index in [0.29, 0.717) is 0 Å². The standard InChI is InChI=1S/C8H9NS/c1-2-7-3-5-8(9-10)6-4-7/h2-6,9-10H,1H2. The summed E-state index contributed by atoms with van der Waals surface area (Å²) in [7, 11) is 0. The summed E-state index contributed by atoms with van der Waals surface area (Å²) in [6.07, 6.45) is 1.81. The molecule has 52 valence electrons. The molecule has 0 fully saturated rings. The molecule has 0 aliphatic carbocycles. The molecule has 0 spiro atoms. The Morgan fingerprint density at radius 2 is 1.90 bits per heavy atom. The zero-order chi connectivity index (χ0) is 7.40. The first kappa shape index (κ1) is 7.22. The van der Waals surface area contributed by atoms with Crippen LogP contribution < -0.4 is 4.72 Å². The predicted molar refractivity (Wildman–Crippen MR) is 49.1 cm³/mol. The second-order valence-electron chi connectivity index (χ2n) is 1.94. The van der Waals surface area contributed by atoms with E-state index in [1.807, 2.05) is 30.3 Å². The lowest BCUT2D eigenvalue weighted by Gasteiger charge is -1.97. The maximum atomic E-state index is 3.90. The van der Waals surface area contributed by atoms with Crippen LogP contribution in [0.4, 0.5) is 5.69 Å². The van der Waals surface area contributed by atoms with Crippen molar-refractivity contribution in [3.05, 3.63) is 36.4 Å². The molecule has 2 heteroatoms. The molecule has 1 nitrogen and oxygen atoms in total. The maximum Gasteiger partial charge on any atom is 0.0438 e. The number of hydrogen-bond acceptors (Lipinski definition) is 2. The Morgan fingerprint density at radius 1 is 1.30 bits per heavy atom. The average molecular weight is 151 g/mol. The minimum absolute atomic E-state index is 0.994. The Morgan fingerprint density at radius 3 is 2.30 bits per heavy atom. The SMILES string of the molecule is C=Cc1ccc(NS)cc1. The molecule has 0 aliphatic rings. The lowest BCUT2D eigenvalue weighted by atomic mass is 10.2. The maximum absolute atomic E-state index is 3.90. The quantitative estimate of drug-likeness (QED) is 0.619. The molecule has 0 saturated heterocycles. The van der Waals surface area contributed by atoms with E-state index >= 15 is 0 Å². The third-order valence-corrected chi connectivity index (χ3v) is 1.53. The van der Waals surface area contributed by atoms with Gasteiger partial charge in [-0.3, -0.25) is 0 Å². The van der Waals surface area contributed by atoms with Crippen LogP contribution in [0.1, 0.15) is 5.56 Å².